The molecule has 0 unspecified atom stereocenters. The fourth-order valence-corrected chi connectivity index (χ4v) is 2.20. The first-order valence-corrected chi connectivity index (χ1v) is 5.66. The van der Waals surface area contributed by atoms with E-state index in [1.54, 1.807) is 10.9 Å². The van der Waals surface area contributed by atoms with Gasteiger partial charge in [0.25, 0.3) is 0 Å². The van der Waals surface area contributed by atoms with Gasteiger partial charge < -0.3 is 0 Å². The lowest BCUT2D eigenvalue weighted by Gasteiger charge is -2.10. The number of halogens is 1. The summed E-state index contributed by atoms with van der Waals surface area (Å²) in [6, 6.07) is 3.85. The molecule has 0 spiro atoms. The second-order valence-corrected chi connectivity index (χ2v) is 4.51. The molecule has 1 heterocycles. The summed E-state index contributed by atoms with van der Waals surface area (Å²) < 4.78 is 1.74. The van der Waals surface area contributed by atoms with E-state index in [0.29, 0.717) is 10.6 Å². The van der Waals surface area contributed by atoms with Crippen LogP contribution < -0.4 is 0 Å². The van der Waals surface area contributed by atoms with Crippen LogP contribution in [0.4, 0.5) is 0 Å². The van der Waals surface area contributed by atoms with Crippen molar-refractivity contribution in [2.75, 3.05) is 0 Å². The van der Waals surface area contributed by atoms with E-state index in [1.165, 1.54) is 0 Å². The Morgan fingerprint density at radius 2 is 2.00 bits per heavy atom. The van der Waals surface area contributed by atoms with E-state index in [2.05, 4.69) is 5.10 Å². The molecular weight excluding hydrogens is 236 g/mol. The van der Waals surface area contributed by atoms with Crippen molar-refractivity contribution in [1.82, 2.24) is 9.78 Å². The Morgan fingerprint density at radius 1 is 1.29 bits per heavy atom. The van der Waals surface area contributed by atoms with Crippen LogP contribution in [0.3, 0.4) is 0 Å². The minimum absolute atomic E-state index is 0.619. The minimum Gasteiger partial charge on any atom is -0.298 e. The number of rotatable bonds is 2. The summed E-state index contributed by atoms with van der Waals surface area (Å²) in [4.78, 5) is 10.9. The van der Waals surface area contributed by atoms with Crippen molar-refractivity contribution in [1.29, 1.82) is 0 Å². The summed E-state index contributed by atoms with van der Waals surface area (Å²) in [6.45, 7) is 3.88. The Kier molecular flexibility index (Phi) is 3.03. The van der Waals surface area contributed by atoms with E-state index in [-0.39, 0.29) is 0 Å². The molecule has 0 saturated heterocycles. The molecule has 0 aliphatic rings. The molecule has 2 rings (SSSR count). The van der Waals surface area contributed by atoms with Crippen molar-refractivity contribution in [3.05, 3.63) is 40.0 Å². The zero-order chi connectivity index (χ0) is 12.6. The number of nitrogens with zero attached hydrogens (tertiary/aromatic N) is 2. The molecule has 0 aliphatic heterocycles. The Morgan fingerprint density at radius 3 is 2.53 bits per heavy atom. The highest BCUT2D eigenvalue weighted by molar-refractivity contribution is 6.33. The molecule has 0 saturated carbocycles. The first kappa shape index (κ1) is 11.9. The fourth-order valence-electron chi connectivity index (χ4n) is 1.93. The first-order chi connectivity index (χ1) is 8.04. The number of hydrogen-bond donors (Lipinski definition) is 0. The maximum Gasteiger partial charge on any atom is 0.150 e. The fraction of sp³-hybridized carbons (Fsp3) is 0.231. The SMILES string of the molecule is Cc1cc(-c2c(Cl)cnn2C)c(C)cc1C=O. The Hall–Kier alpha value is -1.61. The maximum atomic E-state index is 10.9. The van der Waals surface area contributed by atoms with Gasteiger partial charge in [-0.2, -0.15) is 5.10 Å². The van der Waals surface area contributed by atoms with Gasteiger partial charge in [-0.15, -0.1) is 0 Å². The summed E-state index contributed by atoms with van der Waals surface area (Å²) in [5, 5.41) is 4.74. The molecule has 0 radical (unpaired) electrons. The zero-order valence-electron chi connectivity index (χ0n) is 9.99. The highest BCUT2D eigenvalue weighted by atomic mass is 35.5. The number of aromatic nitrogens is 2. The van der Waals surface area contributed by atoms with Crippen LogP contribution in [0.5, 0.6) is 0 Å². The molecule has 2 aromatic rings. The van der Waals surface area contributed by atoms with E-state index in [0.717, 1.165) is 28.7 Å². The quantitative estimate of drug-likeness (QED) is 0.765. The summed E-state index contributed by atoms with van der Waals surface area (Å²) in [7, 11) is 1.85. The number of aryl methyl sites for hydroxylation is 3. The van der Waals surface area contributed by atoms with Crippen molar-refractivity contribution in [3.8, 4) is 11.3 Å². The smallest absolute Gasteiger partial charge is 0.150 e. The minimum atomic E-state index is 0.619. The summed E-state index contributed by atoms with van der Waals surface area (Å²) in [5.74, 6) is 0. The Labute approximate surface area is 105 Å². The van der Waals surface area contributed by atoms with Gasteiger partial charge in [0.1, 0.15) is 6.29 Å². The average molecular weight is 249 g/mol. The monoisotopic (exact) mass is 248 g/mol. The predicted octanol–water partition coefficient (Wildman–Crippen LogP) is 3.17. The van der Waals surface area contributed by atoms with E-state index in [1.807, 2.05) is 33.0 Å². The molecule has 0 N–H and O–H groups in total. The normalized spacial score (nSPS) is 10.6. The summed E-state index contributed by atoms with van der Waals surface area (Å²) >= 11 is 6.12. The topological polar surface area (TPSA) is 34.9 Å². The van der Waals surface area contributed by atoms with Gasteiger partial charge in [0.2, 0.25) is 0 Å². The molecule has 1 aromatic carbocycles. The third-order valence-electron chi connectivity index (χ3n) is 2.89. The van der Waals surface area contributed by atoms with Crippen LogP contribution >= 0.6 is 11.6 Å². The number of benzene rings is 1. The molecule has 0 fully saturated rings. The van der Waals surface area contributed by atoms with Crippen molar-refractivity contribution in [2.24, 2.45) is 7.05 Å². The van der Waals surface area contributed by atoms with Crippen molar-refractivity contribution < 1.29 is 4.79 Å². The van der Waals surface area contributed by atoms with E-state index in [9.17, 15) is 4.79 Å². The molecule has 0 atom stereocenters. The summed E-state index contributed by atoms with van der Waals surface area (Å²) in [6.07, 6.45) is 2.50. The molecule has 0 bridgehead atoms. The van der Waals surface area contributed by atoms with Crippen LogP contribution in [0, 0.1) is 13.8 Å². The van der Waals surface area contributed by atoms with Crippen LogP contribution in [-0.4, -0.2) is 16.1 Å². The van der Waals surface area contributed by atoms with Gasteiger partial charge >= 0.3 is 0 Å². The van der Waals surface area contributed by atoms with E-state index < -0.39 is 0 Å². The molecule has 17 heavy (non-hydrogen) atoms. The first-order valence-electron chi connectivity index (χ1n) is 5.29. The average Bonchev–Trinajstić information content (AvgIpc) is 2.62. The third-order valence-corrected chi connectivity index (χ3v) is 3.17. The number of carbonyl (C=O) groups excluding carboxylic acids is 1. The van der Waals surface area contributed by atoms with Crippen LogP contribution in [0.25, 0.3) is 11.3 Å². The van der Waals surface area contributed by atoms with E-state index >= 15 is 0 Å². The number of carbonyl (C=O) groups is 1. The van der Waals surface area contributed by atoms with Crippen molar-refractivity contribution in [2.45, 2.75) is 13.8 Å². The lowest BCUT2D eigenvalue weighted by molar-refractivity contribution is 0.112. The molecule has 3 nitrogen and oxygen atoms in total. The van der Waals surface area contributed by atoms with Gasteiger partial charge in [0.15, 0.2) is 0 Å². The highest BCUT2D eigenvalue weighted by Crippen LogP contribution is 2.31. The van der Waals surface area contributed by atoms with Gasteiger partial charge in [-0.25, -0.2) is 0 Å². The van der Waals surface area contributed by atoms with Crippen LogP contribution in [0.1, 0.15) is 21.5 Å². The Bertz CT molecular complexity index is 568. The summed E-state index contributed by atoms with van der Waals surface area (Å²) in [5.41, 5.74) is 4.56. The number of aldehydes is 1. The number of hydrogen-bond acceptors (Lipinski definition) is 2. The van der Waals surface area contributed by atoms with Crippen molar-refractivity contribution in [3.63, 3.8) is 0 Å². The zero-order valence-corrected chi connectivity index (χ0v) is 10.7. The van der Waals surface area contributed by atoms with Gasteiger partial charge in [0.05, 0.1) is 16.9 Å². The molecular formula is C13H13ClN2O. The van der Waals surface area contributed by atoms with E-state index in [4.69, 9.17) is 11.6 Å². The van der Waals surface area contributed by atoms with Crippen LogP contribution in [0.15, 0.2) is 18.3 Å². The largest absolute Gasteiger partial charge is 0.298 e. The third kappa shape index (κ3) is 1.98. The van der Waals surface area contributed by atoms with Gasteiger partial charge in [-0.3, -0.25) is 9.48 Å². The van der Waals surface area contributed by atoms with Crippen LogP contribution in [0.2, 0.25) is 5.02 Å². The van der Waals surface area contributed by atoms with Gasteiger partial charge in [-0.1, -0.05) is 11.6 Å². The lowest BCUT2D eigenvalue weighted by atomic mass is 9.98. The molecule has 4 heteroatoms. The molecule has 0 amide bonds. The highest BCUT2D eigenvalue weighted by Gasteiger charge is 2.13. The predicted molar refractivity (Wildman–Crippen MR) is 68.5 cm³/mol. The molecule has 1 aromatic heterocycles. The molecule has 0 aliphatic carbocycles. The van der Waals surface area contributed by atoms with Crippen LogP contribution in [-0.2, 0) is 7.05 Å². The standard InChI is InChI=1S/C13H13ClN2O/c1-8-5-11(9(2)4-10(8)7-17)13-12(14)6-15-16(13)3/h4-7H,1-3H3. The second-order valence-electron chi connectivity index (χ2n) is 4.11. The van der Waals surface area contributed by atoms with Gasteiger partial charge in [0, 0.05) is 18.2 Å². The lowest BCUT2D eigenvalue weighted by Crippen LogP contribution is -1.98. The second kappa shape index (κ2) is 4.34. The van der Waals surface area contributed by atoms with Crippen molar-refractivity contribution >= 4 is 17.9 Å². The molecule has 88 valence electrons. The Balaban J connectivity index is 2.69. The maximum absolute atomic E-state index is 10.9. The van der Waals surface area contributed by atoms with Gasteiger partial charge in [-0.05, 0) is 37.1 Å².